The van der Waals surface area contributed by atoms with E-state index < -0.39 is 6.10 Å². The normalized spacial score (nSPS) is 19.3. The molecule has 1 atom stereocenters. The van der Waals surface area contributed by atoms with E-state index in [1.807, 2.05) is 37.3 Å². The standard InChI is InChI=1S/C19H23NO3/c1-12-16-14(21)10-19(2,3)11-15(16)23-17(12)18(22)20(4)13-8-6-5-7-9-13/h5-9,14,21H,10-11H2,1-4H3/t14-/m1/s1. The molecule has 1 aliphatic rings. The summed E-state index contributed by atoms with van der Waals surface area (Å²) in [7, 11) is 1.74. The lowest BCUT2D eigenvalue weighted by Gasteiger charge is -2.31. The minimum Gasteiger partial charge on any atom is -0.455 e. The Morgan fingerprint density at radius 2 is 1.96 bits per heavy atom. The molecule has 1 aromatic carbocycles. The highest BCUT2D eigenvalue weighted by molar-refractivity contribution is 6.05. The predicted molar refractivity (Wildman–Crippen MR) is 89.7 cm³/mol. The smallest absolute Gasteiger partial charge is 0.294 e. The summed E-state index contributed by atoms with van der Waals surface area (Å²) in [6.45, 7) is 6.07. The van der Waals surface area contributed by atoms with Crippen LogP contribution in [-0.2, 0) is 6.42 Å². The zero-order chi connectivity index (χ0) is 16.8. The first-order valence-electron chi connectivity index (χ1n) is 7.93. The van der Waals surface area contributed by atoms with E-state index in [0.717, 1.165) is 29.0 Å². The summed E-state index contributed by atoms with van der Waals surface area (Å²) < 4.78 is 5.90. The third-order valence-corrected chi connectivity index (χ3v) is 4.63. The average molecular weight is 313 g/mol. The maximum atomic E-state index is 12.8. The highest BCUT2D eigenvalue weighted by atomic mass is 16.4. The van der Waals surface area contributed by atoms with Gasteiger partial charge < -0.3 is 14.4 Å². The molecule has 2 aromatic rings. The van der Waals surface area contributed by atoms with E-state index in [-0.39, 0.29) is 11.3 Å². The lowest BCUT2D eigenvalue weighted by molar-refractivity contribution is 0.0903. The van der Waals surface area contributed by atoms with Gasteiger partial charge in [-0.05, 0) is 30.9 Å². The molecule has 4 heteroatoms. The molecule has 1 amide bonds. The number of anilines is 1. The van der Waals surface area contributed by atoms with Gasteiger partial charge in [0.25, 0.3) is 5.91 Å². The number of nitrogens with zero attached hydrogens (tertiary/aromatic N) is 1. The Morgan fingerprint density at radius 1 is 1.30 bits per heavy atom. The summed E-state index contributed by atoms with van der Waals surface area (Å²) in [5.41, 5.74) is 2.35. The number of hydrogen-bond donors (Lipinski definition) is 1. The number of benzene rings is 1. The van der Waals surface area contributed by atoms with Crippen LogP contribution < -0.4 is 4.90 Å². The number of hydrogen-bond acceptors (Lipinski definition) is 3. The quantitative estimate of drug-likeness (QED) is 0.915. The molecule has 1 N–H and O–H groups in total. The van der Waals surface area contributed by atoms with Crippen LogP contribution in [0.2, 0.25) is 0 Å². The average Bonchev–Trinajstić information content (AvgIpc) is 2.82. The molecule has 0 bridgehead atoms. The van der Waals surface area contributed by atoms with Crippen molar-refractivity contribution in [3.8, 4) is 0 Å². The van der Waals surface area contributed by atoms with Crippen molar-refractivity contribution < 1.29 is 14.3 Å². The van der Waals surface area contributed by atoms with Crippen molar-refractivity contribution in [1.29, 1.82) is 0 Å². The molecule has 3 rings (SSSR count). The molecular formula is C19H23NO3. The first-order chi connectivity index (χ1) is 10.8. The molecule has 1 aliphatic carbocycles. The van der Waals surface area contributed by atoms with Gasteiger partial charge in [0, 0.05) is 30.3 Å². The van der Waals surface area contributed by atoms with Gasteiger partial charge >= 0.3 is 0 Å². The first kappa shape index (κ1) is 15.8. The van der Waals surface area contributed by atoms with Crippen molar-refractivity contribution >= 4 is 11.6 Å². The van der Waals surface area contributed by atoms with Crippen LogP contribution in [0.4, 0.5) is 5.69 Å². The maximum Gasteiger partial charge on any atom is 0.294 e. The maximum absolute atomic E-state index is 12.8. The van der Waals surface area contributed by atoms with Crippen molar-refractivity contribution in [3.05, 3.63) is 53.0 Å². The Hall–Kier alpha value is -2.07. The van der Waals surface area contributed by atoms with Crippen LogP contribution in [0.25, 0.3) is 0 Å². The Morgan fingerprint density at radius 3 is 2.61 bits per heavy atom. The molecule has 0 spiro atoms. The molecule has 1 aromatic heterocycles. The van der Waals surface area contributed by atoms with E-state index in [0.29, 0.717) is 12.2 Å². The van der Waals surface area contributed by atoms with Crippen molar-refractivity contribution in [2.24, 2.45) is 5.41 Å². The third kappa shape index (κ3) is 2.79. The Kier molecular flexibility index (Phi) is 3.80. The minimum absolute atomic E-state index is 0.0254. The number of rotatable bonds is 2. The van der Waals surface area contributed by atoms with E-state index in [2.05, 4.69) is 13.8 Å². The van der Waals surface area contributed by atoms with E-state index in [1.165, 1.54) is 0 Å². The fourth-order valence-corrected chi connectivity index (χ4v) is 3.41. The lowest BCUT2D eigenvalue weighted by atomic mass is 9.75. The first-order valence-corrected chi connectivity index (χ1v) is 7.93. The van der Waals surface area contributed by atoms with Crippen molar-refractivity contribution in [2.75, 3.05) is 11.9 Å². The minimum atomic E-state index is -0.568. The topological polar surface area (TPSA) is 53.7 Å². The lowest BCUT2D eigenvalue weighted by Crippen LogP contribution is -2.26. The van der Waals surface area contributed by atoms with Gasteiger partial charge in [0.05, 0.1) is 6.10 Å². The van der Waals surface area contributed by atoms with Crippen LogP contribution in [0, 0.1) is 12.3 Å². The molecular weight excluding hydrogens is 290 g/mol. The van der Waals surface area contributed by atoms with Gasteiger partial charge in [0.15, 0.2) is 5.76 Å². The van der Waals surface area contributed by atoms with Crippen LogP contribution in [0.1, 0.15) is 53.8 Å². The molecule has 4 nitrogen and oxygen atoms in total. The number of para-hydroxylation sites is 1. The molecule has 0 fully saturated rings. The van der Waals surface area contributed by atoms with Gasteiger partial charge in [-0.1, -0.05) is 32.0 Å². The van der Waals surface area contributed by atoms with Gasteiger partial charge in [-0.25, -0.2) is 0 Å². The highest BCUT2D eigenvalue weighted by Gasteiger charge is 2.37. The number of fused-ring (bicyclic) bond motifs is 1. The van der Waals surface area contributed by atoms with E-state index in [4.69, 9.17) is 4.42 Å². The molecule has 0 saturated carbocycles. The Bertz CT molecular complexity index is 731. The number of aliphatic hydroxyl groups is 1. The van der Waals surface area contributed by atoms with Crippen molar-refractivity contribution in [2.45, 2.75) is 39.7 Å². The molecule has 0 aliphatic heterocycles. The van der Waals surface area contributed by atoms with Crippen LogP contribution >= 0.6 is 0 Å². The summed E-state index contributed by atoms with van der Waals surface area (Å²) in [5, 5.41) is 10.4. The summed E-state index contributed by atoms with van der Waals surface area (Å²) in [6, 6.07) is 9.47. The summed E-state index contributed by atoms with van der Waals surface area (Å²) in [4.78, 5) is 14.4. The number of furan rings is 1. The zero-order valence-corrected chi connectivity index (χ0v) is 14.1. The predicted octanol–water partition coefficient (Wildman–Crippen LogP) is 3.87. The molecule has 1 heterocycles. The van der Waals surface area contributed by atoms with Crippen molar-refractivity contribution in [3.63, 3.8) is 0 Å². The fraction of sp³-hybridized carbons (Fsp3) is 0.421. The number of carbonyl (C=O) groups is 1. The van der Waals surface area contributed by atoms with Crippen LogP contribution in [0.5, 0.6) is 0 Å². The van der Waals surface area contributed by atoms with Crippen LogP contribution in [0.3, 0.4) is 0 Å². The van der Waals surface area contributed by atoms with Gasteiger partial charge in [0.2, 0.25) is 0 Å². The number of carbonyl (C=O) groups excluding carboxylic acids is 1. The zero-order valence-electron chi connectivity index (χ0n) is 14.1. The SMILES string of the molecule is Cc1c(C(=O)N(C)c2ccccc2)oc2c1[C@H](O)CC(C)(C)C2. The molecule has 23 heavy (non-hydrogen) atoms. The second-order valence-corrected chi connectivity index (χ2v) is 7.15. The summed E-state index contributed by atoms with van der Waals surface area (Å²) in [6.07, 6.45) is 0.853. The second kappa shape index (κ2) is 5.53. The third-order valence-electron chi connectivity index (χ3n) is 4.63. The highest BCUT2D eigenvalue weighted by Crippen LogP contribution is 2.44. The largest absolute Gasteiger partial charge is 0.455 e. The van der Waals surface area contributed by atoms with Crippen molar-refractivity contribution in [1.82, 2.24) is 0 Å². The van der Waals surface area contributed by atoms with Crippen LogP contribution in [-0.4, -0.2) is 18.1 Å². The van der Waals surface area contributed by atoms with E-state index in [9.17, 15) is 9.90 Å². The van der Waals surface area contributed by atoms with Crippen LogP contribution in [0.15, 0.2) is 34.7 Å². The molecule has 0 saturated heterocycles. The van der Waals surface area contributed by atoms with Gasteiger partial charge in [-0.3, -0.25) is 4.79 Å². The number of aliphatic hydroxyl groups excluding tert-OH is 1. The molecule has 0 unspecified atom stereocenters. The molecule has 0 radical (unpaired) electrons. The fourth-order valence-electron chi connectivity index (χ4n) is 3.41. The van der Waals surface area contributed by atoms with E-state index >= 15 is 0 Å². The van der Waals surface area contributed by atoms with E-state index in [1.54, 1.807) is 11.9 Å². The second-order valence-electron chi connectivity index (χ2n) is 7.15. The van der Waals surface area contributed by atoms with Gasteiger partial charge in [-0.15, -0.1) is 0 Å². The molecule has 122 valence electrons. The summed E-state index contributed by atoms with van der Waals surface area (Å²) in [5.74, 6) is 0.891. The van der Waals surface area contributed by atoms with Gasteiger partial charge in [-0.2, -0.15) is 0 Å². The van der Waals surface area contributed by atoms with Gasteiger partial charge in [0.1, 0.15) is 5.76 Å². The monoisotopic (exact) mass is 313 g/mol. The Balaban J connectivity index is 1.97. The Labute approximate surface area is 136 Å². The number of amides is 1. The summed E-state index contributed by atoms with van der Waals surface area (Å²) >= 11 is 0.